The zero-order valence-corrected chi connectivity index (χ0v) is 16.3. The topological polar surface area (TPSA) is 67.6 Å². The summed E-state index contributed by atoms with van der Waals surface area (Å²) in [6.45, 7) is 4.24. The molecular formula is C22H29N3O3. The second-order valence-corrected chi connectivity index (χ2v) is 7.95. The SMILES string of the molecule is O=C(NC1CCOCC1)c1cc(CN2CCC(Cc3ccccc3)CC2)on1. The molecule has 0 saturated carbocycles. The van der Waals surface area contributed by atoms with Crippen molar-refractivity contribution in [1.29, 1.82) is 0 Å². The van der Waals surface area contributed by atoms with E-state index in [-0.39, 0.29) is 11.9 Å². The molecule has 3 heterocycles. The van der Waals surface area contributed by atoms with Crippen LogP contribution in [0.25, 0.3) is 0 Å². The first-order valence-electron chi connectivity index (χ1n) is 10.4. The Kier molecular flexibility index (Phi) is 6.39. The number of carbonyl (C=O) groups excluding carboxylic acids is 1. The van der Waals surface area contributed by atoms with Crippen LogP contribution in [0.15, 0.2) is 40.9 Å². The van der Waals surface area contributed by atoms with Gasteiger partial charge in [0.2, 0.25) is 0 Å². The molecule has 0 radical (unpaired) electrons. The summed E-state index contributed by atoms with van der Waals surface area (Å²) in [5.74, 6) is 1.36. The van der Waals surface area contributed by atoms with Gasteiger partial charge in [-0.05, 0) is 56.7 Å². The van der Waals surface area contributed by atoms with Gasteiger partial charge in [-0.2, -0.15) is 0 Å². The van der Waals surface area contributed by atoms with Gasteiger partial charge in [-0.1, -0.05) is 35.5 Å². The Balaban J connectivity index is 1.22. The maximum Gasteiger partial charge on any atom is 0.273 e. The number of amides is 1. The van der Waals surface area contributed by atoms with Gasteiger partial charge >= 0.3 is 0 Å². The normalized spacial score (nSPS) is 19.6. The number of carbonyl (C=O) groups is 1. The zero-order valence-electron chi connectivity index (χ0n) is 16.3. The van der Waals surface area contributed by atoms with Gasteiger partial charge < -0.3 is 14.6 Å². The van der Waals surface area contributed by atoms with Crippen molar-refractivity contribution in [3.63, 3.8) is 0 Å². The van der Waals surface area contributed by atoms with E-state index in [2.05, 4.69) is 45.7 Å². The number of rotatable bonds is 6. The molecule has 0 atom stereocenters. The van der Waals surface area contributed by atoms with Crippen LogP contribution in [0.1, 0.15) is 47.5 Å². The van der Waals surface area contributed by atoms with Crippen LogP contribution < -0.4 is 5.32 Å². The minimum Gasteiger partial charge on any atom is -0.381 e. The molecule has 28 heavy (non-hydrogen) atoms. The summed E-state index contributed by atoms with van der Waals surface area (Å²) in [6, 6.07) is 12.7. The molecule has 2 fully saturated rings. The third-order valence-electron chi connectivity index (χ3n) is 5.80. The first-order chi connectivity index (χ1) is 13.8. The molecule has 6 heteroatoms. The van der Waals surface area contributed by atoms with Crippen molar-refractivity contribution in [2.24, 2.45) is 5.92 Å². The quantitative estimate of drug-likeness (QED) is 0.830. The molecule has 4 rings (SSSR count). The van der Waals surface area contributed by atoms with Crippen LogP contribution in [-0.4, -0.2) is 48.3 Å². The van der Waals surface area contributed by atoms with Crippen LogP contribution in [0.4, 0.5) is 0 Å². The van der Waals surface area contributed by atoms with Gasteiger partial charge in [-0.15, -0.1) is 0 Å². The Bertz CT molecular complexity index is 747. The summed E-state index contributed by atoms with van der Waals surface area (Å²) in [5, 5.41) is 7.00. The number of piperidine rings is 1. The zero-order chi connectivity index (χ0) is 19.2. The highest BCUT2D eigenvalue weighted by atomic mass is 16.5. The van der Waals surface area contributed by atoms with Gasteiger partial charge in [0.15, 0.2) is 11.5 Å². The minimum atomic E-state index is -0.150. The number of aromatic nitrogens is 1. The summed E-state index contributed by atoms with van der Waals surface area (Å²) in [7, 11) is 0. The first-order valence-corrected chi connectivity index (χ1v) is 10.4. The second kappa shape index (κ2) is 9.34. The van der Waals surface area contributed by atoms with E-state index in [1.807, 2.05) is 0 Å². The fourth-order valence-electron chi connectivity index (χ4n) is 4.11. The second-order valence-electron chi connectivity index (χ2n) is 7.95. The molecule has 2 saturated heterocycles. The Morgan fingerprint density at radius 2 is 1.86 bits per heavy atom. The number of benzene rings is 1. The Morgan fingerprint density at radius 1 is 1.11 bits per heavy atom. The number of nitrogens with zero attached hydrogens (tertiary/aromatic N) is 2. The van der Waals surface area contributed by atoms with Gasteiger partial charge in [-0.25, -0.2) is 0 Å². The highest BCUT2D eigenvalue weighted by Gasteiger charge is 2.23. The molecule has 150 valence electrons. The molecule has 1 aromatic heterocycles. The third kappa shape index (κ3) is 5.20. The third-order valence-corrected chi connectivity index (χ3v) is 5.80. The van der Waals surface area contributed by atoms with E-state index in [0.717, 1.165) is 50.6 Å². The van der Waals surface area contributed by atoms with Gasteiger partial charge in [0.25, 0.3) is 5.91 Å². The van der Waals surface area contributed by atoms with E-state index in [1.165, 1.54) is 18.4 Å². The van der Waals surface area contributed by atoms with E-state index in [0.29, 0.717) is 18.9 Å². The standard InChI is InChI=1S/C22H29N3O3/c26-22(23-19-8-12-27-13-9-19)21-15-20(28-24-21)16-25-10-6-18(7-11-25)14-17-4-2-1-3-5-17/h1-5,15,18-19H,6-14,16H2,(H,23,26). The molecule has 2 aliphatic rings. The lowest BCUT2D eigenvalue weighted by molar-refractivity contribution is 0.0692. The Morgan fingerprint density at radius 3 is 2.61 bits per heavy atom. The van der Waals surface area contributed by atoms with E-state index in [9.17, 15) is 4.79 Å². The van der Waals surface area contributed by atoms with Crippen LogP contribution in [-0.2, 0) is 17.7 Å². The lowest BCUT2D eigenvalue weighted by Crippen LogP contribution is -2.39. The van der Waals surface area contributed by atoms with Crippen LogP contribution in [0.5, 0.6) is 0 Å². The summed E-state index contributed by atoms with van der Waals surface area (Å²) in [6.07, 6.45) is 5.26. The summed E-state index contributed by atoms with van der Waals surface area (Å²) in [5.41, 5.74) is 1.80. The molecule has 0 bridgehead atoms. The minimum absolute atomic E-state index is 0.150. The number of ether oxygens (including phenoxy) is 1. The predicted molar refractivity (Wildman–Crippen MR) is 106 cm³/mol. The number of hydrogen-bond acceptors (Lipinski definition) is 5. The fraction of sp³-hybridized carbons (Fsp3) is 0.545. The predicted octanol–water partition coefficient (Wildman–Crippen LogP) is 3.04. The number of hydrogen-bond donors (Lipinski definition) is 1. The van der Waals surface area contributed by atoms with Crippen molar-refractivity contribution < 1.29 is 14.1 Å². The molecule has 1 amide bonds. The summed E-state index contributed by atoms with van der Waals surface area (Å²) in [4.78, 5) is 14.7. The van der Waals surface area contributed by atoms with Gasteiger partial charge in [0.1, 0.15) is 0 Å². The summed E-state index contributed by atoms with van der Waals surface area (Å²) < 4.78 is 10.7. The molecular weight excluding hydrogens is 354 g/mol. The molecule has 0 spiro atoms. The average molecular weight is 383 g/mol. The van der Waals surface area contributed by atoms with Crippen molar-refractivity contribution in [2.45, 2.75) is 44.7 Å². The maximum atomic E-state index is 12.3. The highest BCUT2D eigenvalue weighted by molar-refractivity contribution is 5.92. The largest absolute Gasteiger partial charge is 0.381 e. The van der Waals surface area contributed by atoms with Gasteiger partial charge in [0.05, 0.1) is 6.54 Å². The van der Waals surface area contributed by atoms with Gasteiger partial charge in [-0.3, -0.25) is 9.69 Å². The molecule has 0 aliphatic carbocycles. The molecule has 1 aromatic carbocycles. The van der Waals surface area contributed by atoms with Crippen molar-refractivity contribution in [1.82, 2.24) is 15.4 Å². The number of nitrogens with one attached hydrogen (secondary N) is 1. The first kappa shape index (κ1) is 19.2. The molecule has 2 aromatic rings. The summed E-state index contributed by atoms with van der Waals surface area (Å²) >= 11 is 0. The Hall–Kier alpha value is -2.18. The molecule has 1 N–H and O–H groups in total. The average Bonchev–Trinajstić information content (AvgIpc) is 3.20. The lowest BCUT2D eigenvalue weighted by atomic mass is 9.90. The number of likely N-dealkylation sites (tertiary alicyclic amines) is 1. The van der Waals surface area contributed by atoms with Crippen molar-refractivity contribution >= 4 is 5.91 Å². The van der Waals surface area contributed by atoms with E-state index < -0.39 is 0 Å². The monoisotopic (exact) mass is 383 g/mol. The van der Waals surface area contributed by atoms with E-state index in [4.69, 9.17) is 9.26 Å². The van der Waals surface area contributed by atoms with Crippen molar-refractivity contribution in [3.8, 4) is 0 Å². The highest BCUT2D eigenvalue weighted by Crippen LogP contribution is 2.23. The van der Waals surface area contributed by atoms with Crippen molar-refractivity contribution in [2.75, 3.05) is 26.3 Å². The molecule has 6 nitrogen and oxygen atoms in total. The van der Waals surface area contributed by atoms with Crippen LogP contribution in [0.3, 0.4) is 0 Å². The van der Waals surface area contributed by atoms with Gasteiger partial charge in [0, 0.05) is 25.3 Å². The smallest absolute Gasteiger partial charge is 0.273 e. The molecule has 2 aliphatic heterocycles. The van der Waals surface area contributed by atoms with Crippen LogP contribution in [0.2, 0.25) is 0 Å². The van der Waals surface area contributed by atoms with Crippen LogP contribution in [0, 0.1) is 5.92 Å². The van der Waals surface area contributed by atoms with Crippen LogP contribution >= 0.6 is 0 Å². The van der Waals surface area contributed by atoms with E-state index in [1.54, 1.807) is 6.07 Å². The van der Waals surface area contributed by atoms with Crippen molar-refractivity contribution in [3.05, 3.63) is 53.4 Å². The molecule has 0 unspecified atom stereocenters. The van der Waals surface area contributed by atoms with E-state index >= 15 is 0 Å². The maximum absolute atomic E-state index is 12.3. The Labute approximate surface area is 166 Å². The fourth-order valence-corrected chi connectivity index (χ4v) is 4.11. The lowest BCUT2D eigenvalue weighted by Gasteiger charge is -2.31.